The van der Waals surface area contributed by atoms with Crippen LogP contribution in [0.25, 0.3) is 0 Å². The molecule has 0 bridgehead atoms. The molecule has 5 nitrogen and oxygen atoms in total. The average Bonchev–Trinajstić information content (AvgIpc) is 3.06. The number of hydrogen-bond acceptors (Lipinski definition) is 3. The van der Waals surface area contributed by atoms with Crippen molar-refractivity contribution in [2.24, 2.45) is 11.1 Å². The van der Waals surface area contributed by atoms with E-state index in [0.717, 1.165) is 0 Å². The van der Waals surface area contributed by atoms with E-state index in [1.807, 2.05) is 0 Å². The number of nitrogens with one attached hydrogen (secondary N) is 1. The standard InChI is InChI=1S/C12H13BrN2O3/c13-7-2-1-3-8(9(7)10(14)16)15-6-12(4-5-12)11(17)18/h1-3,15H,4-6H2,(H2,14,16)(H,17,18). The molecule has 1 amide bonds. The lowest BCUT2D eigenvalue weighted by Crippen LogP contribution is -2.25. The number of anilines is 1. The van der Waals surface area contributed by atoms with Gasteiger partial charge in [-0.05, 0) is 40.9 Å². The van der Waals surface area contributed by atoms with E-state index in [9.17, 15) is 9.59 Å². The van der Waals surface area contributed by atoms with Crippen molar-refractivity contribution in [2.75, 3.05) is 11.9 Å². The highest BCUT2D eigenvalue weighted by Crippen LogP contribution is 2.46. The van der Waals surface area contributed by atoms with Crippen molar-refractivity contribution in [1.29, 1.82) is 0 Å². The number of rotatable bonds is 5. The molecule has 1 aromatic rings. The van der Waals surface area contributed by atoms with E-state index in [2.05, 4.69) is 21.2 Å². The smallest absolute Gasteiger partial charge is 0.311 e. The van der Waals surface area contributed by atoms with E-state index < -0.39 is 17.3 Å². The predicted molar refractivity (Wildman–Crippen MR) is 70.5 cm³/mol. The number of aliphatic carboxylic acids is 1. The highest BCUT2D eigenvalue weighted by atomic mass is 79.9. The number of primary amides is 1. The highest BCUT2D eigenvalue weighted by molar-refractivity contribution is 9.10. The number of nitrogens with two attached hydrogens (primary N) is 1. The van der Waals surface area contributed by atoms with Crippen LogP contribution in [-0.4, -0.2) is 23.5 Å². The maximum Gasteiger partial charge on any atom is 0.311 e. The van der Waals surface area contributed by atoms with Crippen molar-refractivity contribution in [1.82, 2.24) is 0 Å². The minimum Gasteiger partial charge on any atom is -0.481 e. The summed E-state index contributed by atoms with van der Waals surface area (Å²) in [7, 11) is 0. The Morgan fingerprint density at radius 2 is 2.11 bits per heavy atom. The maximum atomic E-state index is 11.4. The second-order valence-corrected chi connectivity index (χ2v) is 5.32. The molecule has 0 atom stereocenters. The summed E-state index contributed by atoms with van der Waals surface area (Å²) in [5.74, 6) is -1.35. The van der Waals surface area contributed by atoms with Gasteiger partial charge in [0.2, 0.25) is 0 Å². The Bertz CT molecular complexity index is 512. The van der Waals surface area contributed by atoms with Crippen LogP contribution in [0, 0.1) is 5.41 Å². The Kier molecular flexibility index (Phi) is 3.30. The molecule has 96 valence electrons. The van der Waals surface area contributed by atoms with Crippen molar-refractivity contribution >= 4 is 33.5 Å². The number of carboxylic acid groups (broad SMARTS) is 1. The number of amides is 1. The first kappa shape index (κ1) is 12.9. The van der Waals surface area contributed by atoms with Gasteiger partial charge in [0.25, 0.3) is 5.91 Å². The molecule has 1 aromatic carbocycles. The Morgan fingerprint density at radius 3 is 2.61 bits per heavy atom. The number of halogens is 1. The lowest BCUT2D eigenvalue weighted by molar-refractivity contribution is -0.142. The lowest BCUT2D eigenvalue weighted by Gasteiger charge is -2.15. The Balaban J connectivity index is 2.17. The van der Waals surface area contributed by atoms with Gasteiger partial charge in [0.15, 0.2) is 0 Å². The normalized spacial score (nSPS) is 16.1. The molecule has 4 N–H and O–H groups in total. The van der Waals surface area contributed by atoms with Crippen molar-refractivity contribution in [2.45, 2.75) is 12.8 Å². The molecular weight excluding hydrogens is 300 g/mol. The molecule has 0 unspecified atom stereocenters. The van der Waals surface area contributed by atoms with Crippen molar-refractivity contribution in [3.05, 3.63) is 28.2 Å². The van der Waals surface area contributed by atoms with E-state index in [1.54, 1.807) is 18.2 Å². The van der Waals surface area contributed by atoms with Crippen LogP contribution in [0.5, 0.6) is 0 Å². The minimum atomic E-state index is -0.800. The number of carbonyl (C=O) groups is 2. The molecule has 18 heavy (non-hydrogen) atoms. The third kappa shape index (κ3) is 2.33. The summed E-state index contributed by atoms with van der Waals surface area (Å²) in [6.07, 6.45) is 1.32. The molecule has 6 heteroatoms. The van der Waals surface area contributed by atoms with E-state index in [4.69, 9.17) is 10.8 Å². The Morgan fingerprint density at radius 1 is 1.44 bits per heavy atom. The monoisotopic (exact) mass is 312 g/mol. The zero-order valence-corrected chi connectivity index (χ0v) is 11.2. The SMILES string of the molecule is NC(=O)c1c(Br)cccc1NCC1(C(=O)O)CC1. The summed E-state index contributed by atoms with van der Waals surface area (Å²) in [4.78, 5) is 22.4. The van der Waals surface area contributed by atoms with Gasteiger partial charge in [-0.15, -0.1) is 0 Å². The number of carbonyl (C=O) groups excluding carboxylic acids is 1. The number of carboxylic acids is 1. The second kappa shape index (κ2) is 4.61. The van der Waals surface area contributed by atoms with Crippen LogP contribution in [0.4, 0.5) is 5.69 Å². The molecule has 2 rings (SSSR count). The van der Waals surface area contributed by atoms with E-state index in [1.165, 1.54) is 0 Å². The lowest BCUT2D eigenvalue weighted by atomic mass is 10.1. The van der Waals surface area contributed by atoms with Crippen molar-refractivity contribution in [3.63, 3.8) is 0 Å². The maximum absolute atomic E-state index is 11.4. The molecule has 0 radical (unpaired) electrons. The molecule has 0 aromatic heterocycles. The van der Waals surface area contributed by atoms with Crippen LogP contribution in [0.2, 0.25) is 0 Å². The number of hydrogen-bond donors (Lipinski definition) is 3. The first-order valence-corrected chi connectivity index (χ1v) is 6.31. The zero-order chi connectivity index (χ0) is 13.3. The topological polar surface area (TPSA) is 92.4 Å². The van der Waals surface area contributed by atoms with Gasteiger partial charge < -0.3 is 16.2 Å². The molecule has 0 heterocycles. The molecule has 1 fully saturated rings. The summed E-state index contributed by atoms with van der Waals surface area (Å²) >= 11 is 3.26. The van der Waals surface area contributed by atoms with Crippen LogP contribution in [-0.2, 0) is 4.79 Å². The summed E-state index contributed by atoms with van der Waals surface area (Å²) in [6, 6.07) is 5.19. The van der Waals surface area contributed by atoms with Gasteiger partial charge in [0.05, 0.1) is 11.0 Å². The molecule has 0 spiro atoms. The number of benzene rings is 1. The van der Waals surface area contributed by atoms with Crippen LogP contribution in [0.3, 0.4) is 0 Å². The summed E-state index contributed by atoms with van der Waals surface area (Å²) in [6.45, 7) is 0.305. The van der Waals surface area contributed by atoms with Gasteiger partial charge in [0, 0.05) is 16.7 Å². The summed E-state index contributed by atoms with van der Waals surface area (Å²) in [5, 5.41) is 12.1. The van der Waals surface area contributed by atoms with Gasteiger partial charge >= 0.3 is 5.97 Å². The fraction of sp³-hybridized carbons (Fsp3) is 0.333. The second-order valence-electron chi connectivity index (χ2n) is 4.47. The van der Waals surface area contributed by atoms with Crippen LogP contribution in [0.15, 0.2) is 22.7 Å². The first-order valence-electron chi connectivity index (χ1n) is 5.52. The quantitative estimate of drug-likeness (QED) is 0.773. The minimum absolute atomic E-state index is 0.305. The molecule has 0 aliphatic heterocycles. The Labute approximate surface area is 112 Å². The van der Waals surface area contributed by atoms with Crippen molar-refractivity contribution < 1.29 is 14.7 Å². The zero-order valence-electron chi connectivity index (χ0n) is 9.57. The van der Waals surface area contributed by atoms with E-state index in [-0.39, 0.29) is 0 Å². The van der Waals surface area contributed by atoms with Crippen LogP contribution in [0.1, 0.15) is 23.2 Å². The molecule has 1 aliphatic carbocycles. The summed E-state index contributed by atoms with van der Waals surface area (Å²) in [5.41, 5.74) is 5.53. The predicted octanol–water partition coefficient (Wildman–Crippen LogP) is 1.82. The molecule has 0 saturated heterocycles. The largest absolute Gasteiger partial charge is 0.481 e. The fourth-order valence-electron chi connectivity index (χ4n) is 1.80. The average molecular weight is 313 g/mol. The van der Waals surface area contributed by atoms with E-state index in [0.29, 0.717) is 35.1 Å². The van der Waals surface area contributed by atoms with Gasteiger partial charge in [-0.2, -0.15) is 0 Å². The molecular formula is C12H13BrN2O3. The highest BCUT2D eigenvalue weighted by Gasteiger charge is 2.50. The fourth-order valence-corrected chi connectivity index (χ4v) is 2.37. The van der Waals surface area contributed by atoms with Gasteiger partial charge in [0.1, 0.15) is 0 Å². The van der Waals surface area contributed by atoms with Crippen molar-refractivity contribution in [3.8, 4) is 0 Å². The first-order chi connectivity index (χ1) is 8.46. The van der Waals surface area contributed by atoms with Crippen LogP contribution >= 0.6 is 15.9 Å². The van der Waals surface area contributed by atoms with Crippen LogP contribution < -0.4 is 11.1 Å². The van der Waals surface area contributed by atoms with E-state index >= 15 is 0 Å². The van der Waals surface area contributed by atoms with Gasteiger partial charge in [-0.1, -0.05) is 6.07 Å². The molecule has 1 aliphatic rings. The van der Waals surface area contributed by atoms with Gasteiger partial charge in [-0.3, -0.25) is 9.59 Å². The van der Waals surface area contributed by atoms with Gasteiger partial charge in [-0.25, -0.2) is 0 Å². The third-order valence-electron chi connectivity index (χ3n) is 3.18. The third-order valence-corrected chi connectivity index (χ3v) is 3.85. The molecule has 1 saturated carbocycles. The Hall–Kier alpha value is -1.56. The summed E-state index contributed by atoms with van der Waals surface area (Å²) < 4.78 is 0.597.